The van der Waals surface area contributed by atoms with E-state index in [0.29, 0.717) is 0 Å². The summed E-state index contributed by atoms with van der Waals surface area (Å²) in [5.41, 5.74) is 3.05. The lowest BCUT2D eigenvalue weighted by Gasteiger charge is -2.13. The molecule has 96 valence electrons. The van der Waals surface area contributed by atoms with Gasteiger partial charge in [-0.05, 0) is 24.1 Å². The lowest BCUT2D eigenvalue weighted by Crippen LogP contribution is -2.24. The molecule has 1 N–H and O–H groups in total. The Labute approximate surface area is 112 Å². The molecule has 1 aromatic heterocycles. The van der Waals surface area contributed by atoms with Crippen LogP contribution in [-0.4, -0.2) is 15.9 Å². The van der Waals surface area contributed by atoms with E-state index in [4.69, 9.17) is 0 Å². The molecule has 1 atom stereocenters. The SMILES string of the molecule is C=CC(=O)NC(C)c1ccc(-c2cncnc2)cc1. The van der Waals surface area contributed by atoms with E-state index in [1.54, 1.807) is 12.4 Å². The number of benzene rings is 1. The predicted octanol–water partition coefficient (Wildman–Crippen LogP) is 2.51. The molecular weight excluding hydrogens is 238 g/mol. The smallest absolute Gasteiger partial charge is 0.243 e. The summed E-state index contributed by atoms with van der Waals surface area (Å²) < 4.78 is 0. The van der Waals surface area contributed by atoms with Gasteiger partial charge in [-0.2, -0.15) is 0 Å². The fraction of sp³-hybridized carbons (Fsp3) is 0.133. The summed E-state index contributed by atoms with van der Waals surface area (Å²) in [5.74, 6) is -0.173. The molecule has 0 aliphatic carbocycles. The van der Waals surface area contributed by atoms with E-state index in [1.807, 2.05) is 31.2 Å². The summed E-state index contributed by atoms with van der Waals surface area (Å²) >= 11 is 0. The molecule has 1 amide bonds. The Bertz CT molecular complexity index is 564. The fourth-order valence-electron chi connectivity index (χ4n) is 1.77. The van der Waals surface area contributed by atoms with E-state index in [1.165, 1.54) is 12.4 Å². The zero-order chi connectivity index (χ0) is 13.7. The molecule has 0 saturated heterocycles. The number of aromatic nitrogens is 2. The maximum absolute atomic E-state index is 11.2. The summed E-state index contributed by atoms with van der Waals surface area (Å²) in [5, 5.41) is 2.82. The third-order valence-electron chi connectivity index (χ3n) is 2.85. The molecule has 1 heterocycles. The Morgan fingerprint density at radius 2 is 1.84 bits per heavy atom. The first-order valence-corrected chi connectivity index (χ1v) is 5.99. The van der Waals surface area contributed by atoms with Gasteiger partial charge in [-0.15, -0.1) is 0 Å². The molecule has 0 bridgehead atoms. The number of hydrogen-bond acceptors (Lipinski definition) is 3. The minimum Gasteiger partial charge on any atom is -0.346 e. The van der Waals surface area contributed by atoms with Gasteiger partial charge in [0.05, 0.1) is 6.04 Å². The maximum Gasteiger partial charge on any atom is 0.243 e. The van der Waals surface area contributed by atoms with Crippen molar-refractivity contribution in [1.82, 2.24) is 15.3 Å². The molecule has 1 aromatic carbocycles. The van der Waals surface area contributed by atoms with E-state index in [2.05, 4.69) is 21.9 Å². The number of rotatable bonds is 4. The molecule has 4 nitrogen and oxygen atoms in total. The van der Waals surface area contributed by atoms with Crippen LogP contribution in [0, 0.1) is 0 Å². The Morgan fingerprint density at radius 1 is 1.21 bits per heavy atom. The summed E-state index contributed by atoms with van der Waals surface area (Å²) in [7, 11) is 0. The van der Waals surface area contributed by atoms with Crippen molar-refractivity contribution in [2.24, 2.45) is 0 Å². The van der Waals surface area contributed by atoms with Gasteiger partial charge in [0.15, 0.2) is 0 Å². The molecule has 0 saturated carbocycles. The van der Waals surface area contributed by atoms with Gasteiger partial charge in [0.2, 0.25) is 5.91 Å². The van der Waals surface area contributed by atoms with Crippen LogP contribution in [-0.2, 0) is 4.79 Å². The lowest BCUT2D eigenvalue weighted by molar-refractivity contribution is -0.117. The van der Waals surface area contributed by atoms with E-state index < -0.39 is 0 Å². The van der Waals surface area contributed by atoms with Crippen molar-refractivity contribution < 1.29 is 4.79 Å². The number of nitrogens with zero attached hydrogens (tertiary/aromatic N) is 2. The summed E-state index contributed by atoms with van der Waals surface area (Å²) in [6.07, 6.45) is 6.31. The van der Waals surface area contributed by atoms with Gasteiger partial charge in [0.1, 0.15) is 6.33 Å². The second-order valence-corrected chi connectivity index (χ2v) is 4.18. The van der Waals surface area contributed by atoms with E-state index >= 15 is 0 Å². The van der Waals surface area contributed by atoms with Crippen molar-refractivity contribution in [3.05, 3.63) is 61.2 Å². The molecular formula is C15H15N3O. The lowest BCUT2D eigenvalue weighted by atomic mass is 10.0. The van der Waals surface area contributed by atoms with Crippen molar-refractivity contribution in [2.75, 3.05) is 0 Å². The van der Waals surface area contributed by atoms with Crippen molar-refractivity contribution >= 4 is 5.91 Å². The highest BCUT2D eigenvalue weighted by Crippen LogP contribution is 2.20. The first kappa shape index (κ1) is 13.0. The second kappa shape index (κ2) is 5.91. The van der Waals surface area contributed by atoms with Gasteiger partial charge in [-0.1, -0.05) is 30.8 Å². The fourth-order valence-corrected chi connectivity index (χ4v) is 1.77. The van der Waals surface area contributed by atoms with Gasteiger partial charge < -0.3 is 5.32 Å². The third-order valence-corrected chi connectivity index (χ3v) is 2.85. The van der Waals surface area contributed by atoms with Crippen molar-refractivity contribution in [2.45, 2.75) is 13.0 Å². The summed E-state index contributed by atoms with van der Waals surface area (Å²) in [6, 6.07) is 7.90. The topological polar surface area (TPSA) is 54.9 Å². The quantitative estimate of drug-likeness (QED) is 0.852. The average Bonchev–Trinajstić information content (AvgIpc) is 2.48. The van der Waals surface area contributed by atoms with Crippen LogP contribution in [0.3, 0.4) is 0 Å². The summed E-state index contributed by atoms with van der Waals surface area (Å²) in [4.78, 5) is 19.2. The molecule has 19 heavy (non-hydrogen) atoms. The molecule has 0 spiro atoms. The minimum atomic E-state index is -0.173. The van der Waals surface area contributed by atoms with Crippen LogP contribution in [0.25, 0.3) is 11.1 Å². The predicted molar refractivity (Wildman–Crippen MR) is 74.2 cm³/mol. The normalized spacial score (nSPS) is 11.6. The van der Waals surface area contributed by atoms with Gasteiger partial charge in [-0.25, -0.2) is 9.97 Å². The van der Waals surface area contributed by atoms with Crippen LogP contribution >= 0.6 is 0 Å². The molecule has 0 fully saturated rings. The van der Waals surface area contributed by atoms with Gasteiger partial charge in [-0.3, -0.25) is 4.79 Å². The van der Waals surface area contributed by atoms with Gasteiger partial charge in [0, 0.05) is 18.0 Å². The largest absolute Gasteiger partial charge is 0.346 e. The van der Waals surface area contributed by atoms with Crippen LogP contribution in [0.2, 0.25) is 0 Å². The molecule has 0 aliphatic heterocycles. The molecule has 2 rings (SSSR count). The van der Waals surface area contributed by atoms with E-state index in [-0.39, 0.29) is 11.9 Å². The Kier molecular flexibility index (Phi) is 4.03. The van der Waals surface area contributed by atoms with Crippen LogP contribution in [0.15, 0.2) is 55.6 Å². The number of hydrogen-bond donors (Lipinski definition) is 1. The van der Waals surface area contributed by atoms with Gasteiger partial charge in [0.25, 0.3) is 0 Å². The Balaban J connectivity index is 2.14. The summed E-state index contributed by atoms with van der Waals surface area (Å²) in [6.45, 7) is 5.37. The number of carbonyl (C=O) groups excluding carboxylic acids is 1. The first-order valence-electron chi connectivity index (χ1n) is 5.99. The standard InChI is InChI=1S/C15H15N3O/c1-3-15(19)18-11(2)12-4-6-13(7-5-12)14-8-16-10-17-9-14/h3-11H,1H2,2H3,(H,18,19). The second-order valence-electron chi connectivity index (χ2n) is 4.18. The van der Waals surface area contributed by atoms with E-state index in [0.717, 1.165) is 16.7 Å². The van der Waals surface area contributed by atoms with Crippen LogP contribution in [0.4, 0.5) is 0 Å². The van der Waals surface area contributed by atoms with Crippen molar-refractivity contribution in [3.8, 4) is 11.1 Å². The molecule has 1 unspecified atom stereocenters. The van der Waals surface area contributed by atoms with Crippen LogP contribution < -0.4 is 5.32 Å². The first-order chi connectivity index (χ1) is 9.20. The molecule has 0 radical (unpaired) electrons. The van der Waals surface area contributed by atoms with Crippen molar-refractivity contribution in [1.29, 1.82) is 0 Å². The number of amides is 1. The average molecular weight is 253 g/mol. The molecule has 2 aromatic rings. The van der Waals surface area contributed by atoms with Crippen LogP contribution in [0.5, 0.6) is 0 Å². The Morgan fingerprint density at radius 3 is 2.42 bits per heavy atom. The highest BCUT2D eigenvalue weighted by Gasteiger charge is 2.07. The number of carbonyl (C=O) groups is 1. The zero-order valence-corrected chi connectivity index (χ0v) is 10.7. The minimum absolute atomic E-state index is 0.0495. The third kappa shape index (κ3) is 3.25. The van der Waals surface area contributed by atoms with Crippen molar-refractivity contribution in [3.63, 3.8) is 0 Å². The monoisotopic (exact) mass is 253 g/mol. The highest BCUT2D eigenvalue weighted by molar-refractivity contribution is 5.87. The molecule has 0 aliphatic rings. The van der Waals surface area contributed by atoms with Crippen LogP contribution in [0.1, 0.15) is 18.5 Å². The van der Waals surface area contributed by atoms with E-state index in [9.17, 15) is 4.79 Å². The molecule has 4 heteroatoms. The highest BCUT2D eigenvalue weighted by atomic mass is 16.1. The van der Waals surface area contributed by atoms with Gasteiger partial charge >= 0.3 is 0 Å². The Hall–Kier alpha value is -2.49. The maximum atomic E-state index is 11.2. The number of nitrogens with one attached hydrogen (secondary N) is 1. The zero-order valence-electron chi connectivity index (χ0n) is 10.7.